The van der Waals surface area contributed by atoms with E-state index in [1.54, 1.807) is 0 Å². The smallest absolute Gasteiger partial charge is 0.278 e. The Morgan fingerprint density at radius 2 is 1.72 bits per heavy atom. The Labute approximate surface area is 101 Å². The van der Waals surface area contributed by atoms with E-state index in [-0.39, 0.29) is 5.56 Å². The van der Waals surface area contributed by atoms with Gasteiger partial charge >= 0.3 is 6.18 Å². The number of halogens is 4. The van der Waals surface area contributed by atoms with Crippen LogP contribution in [0, 0.1) is 5.82 Å². The van der Waals surface area contributed by atoms with Crippen molar-refractivity contribution in [3.63, 3.8) is 0 Å². The fourth-order valence-electron chi connectivity index (χ4n) is 1.03. The van der Waals surface area contributed by atoms with Crippen LogP contribution in [0.2, 0.25) is 0 Å². The maximum Gasteiger partial charge on any atom is 0.413 e. The van der Waals surface area contributed by atoms with E-state index >= 15 is 0 Å². The first kappa shape index (κ1) is 14.9. The summed E-state index contributed by atoms with van der Waals surface area (Å²) in [6.07, 6.45) is -4.63. The van der Waals surface area contributed by atoms with Crippen molar-refractivity contribution < 1.29 is 30.8 Å². The minimum Gasteiger partial charge on any atom is -0.278 e. The minimum atomic E-state index is -4.63. The summed E-state index contributed by atoms with van der Waals surface area (Å²) in [4.78, 5) is 5.16. The van der Waals surface area contributed by atoms with E-state index in [0.29, 0.717) is 0 Å². The molecular formula is C9H9F4NO3S. The van der Waals surface area contributed by atoms with Gasteiger partial charge < -0.3 is 0 Å². The second kappa shape index (κ2) is 5.63. The van der Waals surface area contributed by atoms with E-state index < -0.39 is 34.4 Å². The molecule has 1 N–H and O–H groups in total. The summed E-state index contributed by atoms with van der Waals surface area (Å²) in [5, 5.41) is 0. The molecule has 0 aromatic heterocycles. The molecule has 1 aromatic carbocycles. The summed E-state index contributed by atoms with van der Waals surface area (Å²) >= 11 is 0. The van der Waals surface area contributed by atoms with Gasteiger partial charge in [-0.1, -0.05) is 17.0 Å². The minimum absolute atomic E-state index is 0.222. The first-order valence-electron chi connectivity index (χ1n) is 4.60. The van der Waals surface area contributed by atoms with Gasteiger partial charge in [-0.15, -0.1) is 0 Å². The zero-order chi connectivity index (χ0) is 13.8. The Bertz CT molecular complexity index is 484. The number of sulfonamides is 1. The molecule has 4 nitrogen and oxygen atoms in total. The average molecular weight is 287 g/mol. The molecule has 0 heterocycles. The van der Waals surface area contributed by atoms with Gasteiger partial charge in [-0.2, -0.15) is 13.2 Å². The molecule has 18 heavy (non-hydrogen) atoms. The number of hydrogen-bond acceptors (Lipinski definition) is 3. The van der Waals surface area contributed by atoms with Crippen LogP contribution in [-0.2, 0) is 20.6 Å². The average Bonchev–Trinajstić information content (AvgIpc) is 2.18. The summed E-state index contributed by atoms with van der Waals surface area (Å²) in [5.41, 5.74) is 0.222. The Kier molecular flexibility index (Phi) is 4.65. The highest BCUT2D eigenvalue weighted by Crippen LogP contribution is 2.14. The van der Waals surface area contributed by atoms with Gasteiger partial charge in [-0.3, -0.25) is 4.84 Å². The van der Waals surface area contributed by atoms with Crippen LogP contribution >= 0.6 is 0 Å². The topological polar surface area (TPSA) is 55.4 Å². The van der Waals surface area contributed by atoms with Crippen LogP contribution in [0.25, 0.3) is 0 Å². The van der Waals surface area contributed by atoms with E-state index in [4.69, 9.17) is 0 Å². The molecule has 102 valence electrons. The number of alkyl halides is 3. The second-order valence-corrected chi connectivity index (χ2v) is 5.06. The molecule has 0 bridgehead atoms. The third kappa shape index (κ3) is 5.94. The Balaban J connectivity index is 2.52. The molecule has 0 spiro atoms. The molecule has 0 aliphatic rings. The highest BCUT2D eigenvalue weighted by molar-refractivity contribution is 7.88. The maximum absolute atomic E-state index is 12.5. The third-order valence-electron chi connectivity index (χ3n) is 1.69. The van der Waals surface area contributed by atoms with Crippen LogP contribution < -0.4 is 4.89 Å². The quantitative estimate of drug-likeness (QED) is 0.663. The van der Waals surface area contributed by atoms with Gasteiger partial charge in [-0.25, -0.2) is 12.8 Å². The molecular weight excluding hydrogens is 278 g/mol. The molecule has 0 saturated carbocycles. The Morgan fingerprint density at radius 3 is 2.22 bits per heavy atom. The van der Waals surface area contributed by atoms with Crippen molar-refractivity contribution in [2.45, 2.75) is 11.9 Å². The van der Waals surface area contributed by atoms with E-state index in [1.807, 2.05) is 0 Å². The second-order valence-electron chi connectivity index (χ2n) is 3.37. The monoisotopic (exact) mass is 287 g/mol. The zero-order valence-corrected chi connectivity index (χ0v) is 9.68. The summed E-state index contributed by atoms with van der Waals surface area (Å²) in [5.74, 6) is -1.15. The van der Waals surface area contributed by atoms with Gasteiger partial charge in [0.1, 0.15) is 5.82 Å². The van der Waals surface area contributed by atoms with E-state index in [0.717, 1.165) is 12.1 Å². The lowest BCUT2D eigenvalue weighted by molar-refractivity contribution is -0.181. The van der Waals surface area contributed by atoms with Gasteiger partial charge in [-0.05, 0) is 17.7 Å². The lowest BCUT2D eigenvalue weighted by Crippen LogP contribution is -2.30. The first-order valence-corrected chi connectivity index (χ1v) is 6.26. The van der Waals surface area contributed by atoms with Crippen molar-refractivity contribution in [3.05, 3.63) is 35.6 Å². The molecule has 0 atom stereocenters. The van der Waals surface area contributed by atoms with Crippen molar-refractivity contribution in [3.8, 4) is 0 Å². The lowest BCUT2D eigenvalue weighted by Gasteiger charge is -2.09. The van der Waals surface area contributed by atoms with Gasteiger partial charge in [0.2, 0.25) is 10.0 Å². The van der Waals surface area contributed by atoms with Crippen molar-refractivity contribution in [1.82, 2.24) is 4.89 Å². The summed E-state index contributed by atoms with van der Waals surface area (Å²) in [7, 11) is -4.06. The van der Waals surface area contributed by atoms with Crippen LogP contribution in [0.1, 0.15) is 5.56 Å². The lowest BCUT2D eigenvalue weighted by atomic mass is 10.2. The third-order valence-corrected chi connectivity index (χ3v) is 2.78. The van der Waals surface area contributed by atoms with E-state index in [9.17, 15) is 26.0 Å². The normalized spacial score (nSPS) is 12.7. The molecule has 1 rings (SSSR count). The van der Waals surface area contributed by atoms with Crippen LogP contribution in [0.3, 0.4) is 0 Å². The zero-order valence-electron chi connectivity index (χ0n) is 8.87. The number of nitrogens with one attached hydrogen (secondary N) is 1. The Hall–Kier alpha value is -1.19. The predicted octanol–water partition coefficient (Wildman–Crippen LogP) is 1.74. The van der Waals surface area contributed by atoms with Crippen molar-refractivity contribution in [2.24, 2.45) is 0 Å². The largest absolute Gasteiger partial charge is 0.413 e. The van der Waals surface area contributed by atoms with Gasteiger partial charge in [0, 0.05) is 0 Å². The van der Waals surface area contributed by atoms with Gasteiger partial charge in [0.05, 0.1) is 5.75 Å². The van der Waals surface area contributed by atoms with Crippen LogP contribution in [0.4, 0.5) is 17.6 Å². The molecule has 0 unspecified atom stereocenters. The standard InChI is InChI=1S/C9H9F4NO3S/c10-8-3-1-7(2-4-8)5-18(15,16)14-17-6-9(11,12)13/h1-4,14H,5-6H2. The molecule has 1 aromatic rings. The van der Waals surface area contributed by atoms with Crippen molar-refractivity contribution in [2.75, 3.05) is 6.61 Å². The fraction of sp³-hybridized carbons (Fsp3) is 0.333. The van der Waals surface area contributed by atoms with Crippen LogP contribution in [-0.4, -0.2) is 21.2 Å². The molecule has 0 aliphatic carbocycles. The van der Waals surface area contributed by atoms with E-state index in [2.05, 4.69) is 4.84 Å². The molecule has 0 amide bonds. The molecule has 0 saturated heterocycles. The van der Waals surface area contributed by atoms with Crippen molar-refractivity contribution in [1.29, 1.82) is 0 Å². The maximum atomic E-state index is 12.5. The molecule has 0 aliphatic heterocycles. The van der Waals surface area contributed by atoms with Crippen LogP contribution in [0.5, 0.6) is 0 Å². The number of hydrogen-bond donors (Lipinski definition) is 1. The highest BCUT2D eigenvalue weighted by Gasteiger charge is 2.28. The van der Waals surface area contributed by atoms with Crippen LogP contribution in [0.15, 0.2) is 24.3 Å². The summed E-state index contributed by atoms with van der Waals surface area (Å²) in [6, 6.07) is 4.50. The van der Waals surface area contributed by atoms with Gasteiger partial charge in [0.15, 0.2) is 6.61 Å². The number of benzene rings is 1. The van der Waals surface area contributed by atoms with E-state index in [1.165, 1.54) is 17.0 Å². The van der Waals surface area contributed by atoms with Crippen molar-refractivity contribution >= 4 is 10.0 Å². The molecule has 0 fully saturated rings. The summed E-state index contributed by atoms with van der Waals surface area (Å²) < 4.78 is 70.2. The van der Waals surface area contributed by atoms with Gasteiger partial charge in [0.25, 0.3) is 0 Å². The number of rotatable bonds is 5. The first-order chi connectivity index (χ1) is 8.18. The summed E-state index contributed by atoms with van der Waals surface area (Å²) in [6.45, 7) is -1.73. The Morgan fingerprint density at radius 1 is 1.17 bits per heavy atom. The predicted molar refractivity (Wildman–Crippen MR) is 54.2 cm³/mol. The SMILES string of the molecule is O=S(=O)(Cc1ccc(F)cc1)NOCC(F)(F)F. The highest BCUT2D eigenvalue weighted by atomic mass is 32.2. The molecule has 0 radical (unpaired) electrons. The molecule has 9 heteroatoms. The fourth-order valence-corrected chi connectivity index (χ4v) is 1.96.